The number of anilines is 1. The van der Waals surface area contributed by atoms with Gasteiger partial charge in [0.15, 0.2) is 5.82 Å². The van der Waals surface area contributed by atoms with Crippen LogP contribution in [0.3, 0.4) is 0 Å². The van der Waals surface area contributed by atoms with E-state index in [1.165, 1.54) is 19.2 Å². The van der Waals surface area contributed by atoms with Gasteiger partial charge >= 0.3 is 0 Å². The van der Waals surface area contributed by atoms with Crippen molar-refractivity contribution >= 4 is 33.7 Å². The molecule has 0 aromatic heterocycles. The van der Waals surface area contributed by atoms with Gasteiger partial charge in [-0.15, -0.1) is 0 Å². The number of halogens is 2. The molecule has 0 radical (unpaired) electrons. The van der Waals surface area contributed by atoms with Crippen molar-refractivity contribution in [1.82, 2.24) is 0 Å². The summed E-state index contributed by atoms with van der Waals surface area (Å²) in [5.41, 5.74) is -0.0439. The van der Waals surface area contributed by atoms with Crippen LogP contribution in [-0.2, 0) is 4.79 Å². The number of amides is 1. The number of hydrogen-bond donors (Lipinski definition) is 2. The van der Waals surface area contributed by atoms with Gasteiger partial charge in [-0.2, -0.15) is 0 Å². The molecule has 0 spiro atoms. The standard InChI is InChI=1S/C9H8BrFN2O3/c1-16-6-3-2-5(9(11)8(6)10)13-7(14)4-12-15/h2-4,15H,1H3,(H,13,14)/b12-4+. The Morgan fingerprint density at radius 2 is 2.38 bits per heavy atom. The van der Waals surface area contributed by atoms with Crippen LogP contribution in [0.4, 0.5) is 10.1 Å². The van der Waals surface area contributed by atoms with Crippen LogP contribution < -0.4 is 10.1 Å². The zero-order chi connectivity index (χ0) is 12.1. The predicted octanol–water partition coefficient (Wildman–Crippen LogP) is 2.00. The lowest BCUT2D eigenvalue weighted by atomic mass is 10.3. The first-order valence-electron chi connectivity index (χ1n) is 4.10. The molecule has 2 N–H and O–H groups in total. The molecule has 0 atom stereocenters. The van der Waals surface area contributed by atoms with Crippen LogP contribution in [-0.4, -0.2) is 24.4 Å². The third-order valence-electron chi connectivity index (χ3n) is 1.70. The fraction of sp³-hybridized carbons (Fsp3) is 0.111. The molecule has 86 valence electrons. The Bertz CT molecular complexity index is 437. The third kappa shape index (κ3) is 2.69. The van der Waals surface area contributed by atoms with Gasteiger partial charge in [-0.3, -0.25) is 4.79 Å². The summed E-state index contributed by atoms with van der Waals surface area (Å²) in [5.74, 6) is -1.09. The number of benzene rings is 1. The summed E-state index contributed by atoms with van der Waals surface area (Å²) >= 11 is 2.99. The Morgan fingerprint density at radius 1 is 1.69 bits per heavy atom. The van der Waals surface area contributed by atoms with Crippen molar-refractivity contribution in [3.8, 4) is 5.75 Å². The van der Waals surface area contributed by atoms with Crippen LogP contribution in [0.15, 0.2) is 21.8 Å². The Labute approximate surface area is 99.0 Å². The molecule has 7 heteroatoms. The van der Waals surface area contributed by atoms with Gasteiger partial charge in [-0.1, -0.05) is 5.16 Å². The maximum Gasteiger partial charge on any atom is 0.270 e. The molecule has 0 saturated heterocycles. The molecule has 1 amide bonds. The van der Waals surface area contributed by atoms with Crippen molar-refractivity contribution in [1.29, 1.82) is 0 Å². The number of rotatable bonds is 3. The van der Waals surface area contributed by atoms with Crippen LogP contribution in [0.5, 0.6) is 5.75 Å². The SMILES string of the molecule is COc1ccc(NC(=O)/C=N/O)c(F)c1Br. The van der Waals surface area contributed by atoms with Crippen molar-refractivity contribution in [3.05, 3.63) is 22.4 Å². The number of carbonyl (C=O) groups excluding carboxylic acids is 1. The average Bonchev–Trinajstić information content (AvgIpc) is 2.25. The Morgan fingerprint density at radius 3 is 2.94 bits per heavy atom. The lowest BCUT2D eigenvalue weighted by Crippen LogP contribution is -2.13. The maximum atomic E-state index is 13.6. The van der Waals surface area contributed by atoms with Crippen molar-refractivity contribution in [2.45, 2.75) is 0 Å². The van der Waals surface area contributed by atoms with E-state index in [1.807, 2.05) is 0 Å². The second kappa shape index (κ2) is 5.45. The van der Waals surface area contributed by atoms with Crippen molar-refractivity contribution in [2.24, 2.45) is 5.16 Å². The predicted molar refractivity (Wildman–Crippen MR) is 59.6 cm³/mol. The monoisotopic (exact) mass is 290 g/mol. The van der Waals surface area contributed by atoms with E-state index in [1.54, 1.807) is 0 Å². The zero-order valence-corrected chi connectivity index (χ0v) is 9.78. The van der Waals surface area contributed by atoms with E-state index in [2.05, 4.69) is 26.4 Å². The van der Waals surface area contributed by atoms with Gasteiger partial charge in [0.05, 0.1) is 17.3 Å². The summed E-state index contributed by atoms with van der Waals surface area (Å²) in [6, 6.07) is 2.82. The van der Waals surface area contributed by atoms with Gasteiger partial charge in [0, 0.05) is 0 Å². The van der Waals surface area contributed by atoms with Crippen molar-refractivity contribution in [2.75, 3.05) is 12.4 Å². The smallest absolute Gasteiger partial charge is 0.270 e. The molecule has 5 nitrogen and oxygen atoms in total. The molecular weight excluding hydrogens is 283 g/mol. The van der Waals surface area contributed by atoms with E-state index in [-0.39, 0.29) is 10.2 Å². The minimum atomic E-state index is -0.738. The van der Waals surface area contributed by atoms with E-state index >= 15 is 0 Å². The Kier molecular flexibility index (Phi) is 4.24. The van der Waals surface area contributed by atoms with Gasteiger partial charge in [0.2, 0.25) is 0 Å². The van der Waals surface area contributed by atoms with Gasteiger partial charge in [0.25, 0.3) is 5.91 Å². The molecular formula is C9H8BrFN2O3. The number of carbonyl (C=O) groups is 1. The molecule has 0 aliphatic carbocycles. The molecule has 0 heterocycles. The highest BCUT2D eigenvalue weighted by atomic mass is 79.9. The summed E-state index contributed by atoms with van der Waals surface area (Å²) in [6.07, 6.45) is 0.623. The first-order chi connectivity index (χ1) is 7.60. The number of hydrogen-bond acceptors (Lipinski definition) is 4. The Hall–Kier alpha value is -1.63. The fourth-order valence-corrected chi connectivity index (χ4v) is 1.51. The van der Waals surface area contributed by atoms with Crippen LogP contribution >= 0.6 is 15.9 Å². The van der Waals surface area contributed by atoms with Crippen LogP contribution in [0, 0.1) is 5.82 Å². The van der Waals surface area contributed by atoms with Gasteiger partial charge in [-0.05, 0) is 28.1 Å². The molecule has 0 unspecified atom stereocenters. The van der Waals surface area contributed by atoms with Gasteiger partial charge in [-0.25, -0.2) is 4.39 Å². The first-order valence-corrected chi connectivity index (χ1v) is 4.90. The lowest BCUT2D eigenvalue weighted by molar-refractivity contribution is -0.110. The van der Waals surface area contributed by atoms with Gasteiger partial charge < -0.3 is 15.3 Å². The van der Waals surface area contributed by atoms with Crippen LogP contribution in [0.25, 0.3) is 0 Å². The van der Waals surface area contributed by atoms with E-state index in [0.29, 0.717) is 12.0 Å². The summed E-state index contributed by atoms with van der Waals surface area (Å²) in [5, 5.41) is 12.8. The van der Waals surface area contributed by atoms with E-state index < -0.39 is 11.7 Å². The zero-order valence-electron chi connectivity index (χ0n) is 8.20. The highest BCUT2D eigenvalue weighted by molar-refractivity contribution is 9.10. The second-order valence-electron chi connectivity index (χ2n) is 2.68. The highest BCUT2D eigenvalue weighted by Crippen LogP contribution is 2.31. The molecule has 0 fully saturated rings. The molecule has 0 bridgehead atoms. The fourth-order valence-electron chi connectivity index (χ4n) is 1.00. The molecule has 0 saturated carbocycles. The number of methoxy groups -OCH3 is 1. The molecule has 0 aliphatic heterocycles. The molecule has 1 aromatic rings. The van der Waals surface area contributed by atoms with Crippen LogP contribution in [0.1, 0.15) is 0 Å². The number of nitrogens with zero attached hydrogens (tertiary/aromatic N) is 1. The molecule has 1 rings (SSSR count). The quantitative estimate of drug-likeness (QED) is 0.508. The largest absolute Gasteiger partial charge is 0.495 e. The number of oxime groups is 1. The van der Waals surface area contributed by atoms with Crippen LogP contribution in [0.2, 0.25) is 0 Å². The third-order valence-corrected chi connectivity index (χ3v) is 2.44. The van der Waals surface area contributed by atoms with E-state index in [4.69, 9.17) is 9.94 Å². The molecule has 16 heavy (non-hydrogen) atoms. The molecule has 1 aromatic carbocycles. The number of nitrogens with one attached hydrogen (secondary N) is 1. The summed E-state index contributed by atoms with van der Waals surface area (Å²) < 4.78 is 18.6. The first kappa shape index (κ1) is 12.4. The summed E-state index contributed by atoms with van der Waals surface area (Å²) in [4.78, 5) is 11.0. The van der Waals surface area contributed by atoms with Crippen molar-refractivity contribution in [3.63, 3.8) is 0 Å². The minimum Gasteiger partial charge on any atom is -0.495 e. The normalized spacial score (nSPS) is 10.4. The minimum absolute atomic E-state index is 0.0439. The summed E-state index contributed by atoms with van der Waals surface area (Å²) in [7, 11) is 1.40. The van der Waals surface area contributed by atoms with E-state index in [9.17, 15) is 9.18 Å². The maximum absolute atomic E-state index is 13.6. The topological polar surface area (TPSA) is 70.9 Å². The van der Waals surface area contributed by atoms with Gasteiger partial charge in [0.1, 0.15) is 12.0 Å². The second-order valence-corrected chi connectivity index (χ2v) is 3.47. The summed E-state index contributed by atoms with van der Waals surface area (Å²) in [6.45, 7) is 0. The average molecular weight is 291 g/mol. The van der Waals surface area contributed by atoms with Crippen molar-refractivity contribution < 1.29 is 19.1 Å². The molecule has 0 aliphatic rings. The van der Waals surface area contributed by atoms with E-state index in [0.717, 1.165) is 0 Å². The lowest BCUT2D eigenvalue weighted by Gasteiger charge is -2.08. The Balaban J connectivity index is 2.99. The number of ether oxygens (including phenoxy) is 1. The highest BCUT2D eigenvalue weighted by Gasteiger charge is 2.12.